The van der Waals surface area contributed by atoms with E-state index in [9.17, 15) is 4.39 Å². The fraction of sp³-hybridized carbons (Fsp3) is 0.429. The molecule has 3 rings (SSSR count). The average molecular weight is 311 g/mol. The van der Waals surface area contributed by atoms with Gasteiger partial charge in [0.1, 0.15) is 5.15 Å². The Bertz CT molecular complexity index is 644. The van der Waals surface area contributed by atoms with Crippen LogP contribution in [0, 0.1) is 12.9 Å². The summed E-state index contributed by atoms with van der Waals surface area (Å²) in [6.45, 7) is 2.44. The molecule has 1 aliphatic heterocycles. The van der Waals surface area contributed by atoms with Crippen molar-refractivity contribution in [1.29, 1.82) is 0 Å². The number of nitrogens with zero attached hydrogens (tertiary/aromatic N) is 3. The first-order chi connectivity index (χ1) is 10.1. The van der Waals surface area contributed by atoms with Gasteiger partial charge in [-0.15, -0.1) is 5.10 Å². The van der Waals surface area contributed by atoms with Crippen molar-refractivity contribution in [1.82, 2.24) is 14.8 Å². The minimum absolute atomic E-state index is 0.240. The van der Waals surface area contributed by atoms with Crippen LogP contribution in [0.3, 0.4) is 0 Å². The molecule has 0 aliphatic carbocycles. The van der Waals surface area contributed by atoms with Gasteiger partial charge >= 0.3 is 0 Å². The molecular weight excluding hydrogens is 295 g/mol. The van der Waals surface area contributed by atoms with Gasteiger partial charge in [-0.3, -0.25) is 0 Å². The van der Waals surface area contributed by atoms with Gasteiger partial charge < -0.3 is 10.5 Å². The summed E-state index contributed by atoms with van der Waals surface area (Å²) in [7, 11) is 0. The molecule has 2 aromatic heterocycles. The molecule has 7 heteroatoms. The zero-order chi connectivity index (χ0) is 15.0. The van der Waals surface area contributed by atoms with Crippen molar-refractivity contribution >= 4 is 17.3 Å². The van der Waals surface area contributed by atoms with Gasteiger partial charge in [0.25, 0.3) is 0 Å². The van der Waals surface area contributed by atoms with Gasteiger partial charge in [-0.2, -0.15) is 4.39 Å². The van der Waals surface area contributed by atoms with Crippen LogP contribution in [0.15, 0.2) is 12.1 Å². The van der Waals surface area contributed by atoms with E-state index in [0.29, 0.717) is 29.2 Å². The van der Waals surface area contributed by atoms with E-state index in [1.807, 2.05) is 0 Å². The van der Waals surface area contributed by atoms with Gasteiger partial charge in [0.2, 0.25) is 5.95 Å². The molecule has 5 nitrogen and oxygen atoms in total. The third-order valence-corrected chi connectivity index (χ3v) is 3.80. The second kappa shape index (κ2) is 5.61. The van der Waals surface area contributed by atoms with Gasteiger partial charge in [0.05, 0.1) is 11.3 Å². The summed E-state index contributed by atoms with van der Waals surface area (Å²) in [6, 6.07) is 3.02. The first kappa shape index (κ1) is 14.3. The molecule has 0 radical (unpaired) electrons. The van der Waals surface area contributed by atoms with Crippen LogP contribution in [0.4, 0.5) is 10.1 Å². The Balaban J connectivity index is 2.10. The van der Waals surface area contributed by atoms with Crippen LogP contribution in [0.25, 0.3) is 11.3 Å². The normalized spacial score (nSPS) is 18.9. The summed E-state index contributed by atoms with van der Waals surface area (Å²) in [5.41, 5.74) is 8.18. The minimum atomic E-state index is -0.588. The van der Waals surface area contributed by atoms with E-state index >= 15 is 0 Å². The molecule has 112 valence electrons. The largest absolute Gasteiger partial charge is 0.398 e. The molecule has 2 N–H and O–H groups in total. The molecule has 1 aliphatic rings. The second-order valence-corrected chi connectivity index (χ2v) is 5.49. The van der Waals surface area contributed by atoms with Gasteiger partial charge in [0.15, 0.2) is 6.23 Å². The van der Waals surface area contributed by atoms with Crippen molar-refractivity contribution in [2.75, 3.05) is 12.3 Å². The smallest absolute Gasteiger partial charge is 0.233 e. The van der Waals surface area contributed by atoms with Crippen LogP contribution in [-0.4, -0.2) is 21.4 Å². The fourth-order valence-electron chi connectivity index (χ4n) is 2.60. The maximum Gasteiger partial charge on any atom is 0.233 e. The van der Waals surface area contributed by atoms with E-state index in [4.69, 9.17) is 22.1 Å². The maximum atomic E-state index is 13.7. The van der Waals surface area contributed by atoms with Crippen LogP contribution in [-0.2, 0) is 4.74 Å². The summed E-state index contributed by atoms with van der Waals surface area (Å²) in [5, 5.41) is 4.14. The van der Waals surface area contributed by atoms with Crippen molar-refractivity contribution in [2.24, 2.45) is 0 Å². The summed E-state index contributed by atoms with van der Waals surface area (Å²) >= 11 is 6.19. The molecule has 1 atom stereocenters. The third kappa shape index (κ3) is 2.73. The molecule has 0 amide bonds. The molecule has 0 spiro atoms. The molecule has 0 saturated carbocycles. The summed E-state index contributed by atoms with van der Waals surface area (Å²) in [4.78, 5) is 4.19. The molecular formula is C14H16ClFN4O. The minimum Gasteiger partial charge on any atom is -0.398 e. The number of hydrogen-bond donors (Lipinski definition) is 1. The monoisotopic (exact) mass is 310 g/mol. The van der Waals surface area contributed by atoms with Gasteiger partial charge in [0, 0.05) is 24.1 Å². The molecule has 1 saturated heterocycles. The molecule has 0 bridgehead atoms. The zero-order valence-electron chi connectivity index (χ0n) is 11.6. The number of pyridine rings is 1. The van der Waals surface area contributed by atoms with Crippen molar-refractivity contribution in [3.63, 3.8) is 0 Å². The van der Waals surface area contributed by atoms with Crippen LogP contribution in [0.2, 0.25) is 5.15 Å². The lowest BCUT2D eigenvalue weighted by Crippen LogP contribution is -2.20. The molecule has 3 heterocycles. The lowest BCUT2D eigenvalue weighted by molar-refractivity contribution is -0.0391. The zero-order valence-corrected chi connectivity index (χ0v) is 12.4. The van der Waals surface area contributed by atoms with E-state index in [-0.39, 0.29) is 11.4 Å². The molecule has 1 unspecified atom stereocenters. The number of hydrogen-bond acceptors (Lipinski definition) is 4. The van der Waals surface area contributed by atoms with Gasteiger partial charge in [-0.1, -0.05) is 11.6 Å². The van der Waals surface area contributed by atoms with E-state index in [2.05, 4.69) is 10.1 Å². The number of rotatable bonds is 2. The SMILES string of the molecule is Cc1cc(N)c(-c2cc(F)nn2C2CCCCO2)c(Cl)n1. The van der Waals surface area contributed by atoms with E-state index in [1.165, 1.54) is 10.7 Å². The highest BCUT2D eigenvalue weighted by Crippen LogP contribution is 2.36. The van der Waals surface area contributed by atoms with Crippen LogP contribution in [0.1, 0.15) is 31.2 Å². The van der Waals surface area contributed by atoms with E-state index in [0.717, 1.165) is 19.3 Å². The number of aromatic nitrogens is 3. The Hall–Kier alpha value is -1.66. The van der Waals surface area contributed by atoms with E-state index in [1.54, 1.807) is 13.0 Å². The summed E-state index contributed by atoms with van der Waals surface area (Å²) < 4.78 is 20.9. The number of halogens is 2. The van der Waals surface area contributed by atoms with Gasteiger partial charge in [-0.05, 0) is 32.3 Å². The maximum absolute atomic E-state index is 13.7. The topological polar surface area (TPSA) is 66.0 Å². The highest BCUT2D eigenvalue weighted by Gasteiger charge is 2.24. The Morgan fingerprint density at radius 2 is 2.24 bits per heavy atom. The molecule has 2 aromatic rings. The summed E-state index contributed by atoms with van der Waals surface area (Å²) in [5.74, 6) is -0.588. The molecule has 1 fully saturated rings. The average Bonchev–Trinajstić information content (AvgIpc) is 2.80. The molecule has 0 aromatic carbocycles. The van der Waals surface area contributed by atoms with Crippen LogP contribution in [0.5, 0.6) is 0 Å². The fourth-order valence-corrected chi connectivity index (χ4v) is 2.94. The number of nitrogen functional groups attached to an aromatic ring is 1. The predicted molar refractivity (Wildman–Crippen MR) is 78.4 cm³/mol. The first-order valence-electron chi connectivity index (χ1n) is 6.86. The lowest BCUT2D eigenvalue weighted by Gasteiger charge is -2.24. The standard InChI is InChI=1S/C14H16ClFN4O/c1-8-6-9(17)13(14(15)18-8)10-7-11(16)19-20(10)12-4-2-3-5-21-12/h6-7,12H,2-5H2,1H3,(H2,17,18). The highest BCUT2D eigenvalue weighted by molar-refractivity contribution is 6.32. The Morgan fingerprint density at radius 1 is 1.43 bits per heavy atom. The van der Waals surface area contributed by atoms with E-state index < -0.39 is 5.95 Å². The Kier molecular flexibility index (Phi) is 3.82. The van der Waals surface area contributed by atoms with Crippen molar-refractivity contribution in [2.45, 2.75) is 32.4 Å². The number of ether oxygens (including phenoxy) is 1. The van der Waals surface area contributed by atoms with Gasteiger partial charge in [-0.25, -0.2) is 9.67 Å². The highest BCUT2D eigenvalue weighted by atomic mass is 35.5. The van der Waals surface area contributed by atoms with Crippen molar-refractivity contribution in [3.05, 3.63) is 28.9 Å². The first-order valence-corrected chi connectivity index (χ1v) is 7.23. The summed E-state index contributed by atoms with van der Waals surface area (Å²) in [6.07, 6.45) is 2.51. The second-order valence-electron chi connectivity index (χ2n) is 5.14. The van der Waals surface area contributed by atoms with Crippen LogP contribution >= 0.6 is 11.6 Å². The Morgan fingerprint density at radius 3 is 2.90 bits per heavy atom. The number of anilines is 1. The van der Waals surface area contributed by atoms with Crippen LogP contribution < -0.4 is 5.73 Å². The van der Waals surface area contributed by atoms with Crippen molar-refractivity contribution in [3.8, 4) is 11.3 Å². The third-order valence-electron chi connectivity index (χ3n) is 3.52. The Labute approximate surface area is 126 Å². The quantitative estimate of drug-likeness (QED) is 0.864. The predicted octanol–water partition coefficient (Wildman–Crippen LogP) is 3.33. The van der Waals surface area contributed by atoms with Crippen molar-refractivity contribution < 1.29 is 9.13 Å². The molecule has 21 heavy (non-hydrogen) atoms. The lowest BCUT2D eigenvalue weighted by atomic mass is 10.1. The number of nitrogens with two attached hydrogens (primary N) is 1. The number of aryl methyl sites for hydroxylation is 1.